The molecule has 98 valence electrons. The van der Waals surface area contributed by atoms with Crippen LogP contribution >= 0.6 is 11.3 Å². The summed E-state index contributed by atoms with van der Waals surface area (Å²) in [6, 6.07) is 0.300. The number of thiazole rings is 1. The van der Waals surface area contributed by atoms with Crippen molar-refractivity contribution in [3.63, 3.8) is 0 Å². The predicted molar refractivity (Wildman–Crippen MR) is 70.5 cm³/mol. The Bertz CT molecular complexity index is 415. The molecule has 1 N–H and O–H groups in total. The average molecular weight is 277 g/mol. The van der Waals surface area contributed by atoms with Gasteiger partial charge in [0.15, 0.2) is 0 Å². The third-order valence-electron chi connectivity index (χ3n) is 2.26. The highest BCUT2D eigenvalue weighted by molar-refractivity contribution is 7.89. The number of nitrogens with one attached hydrogen (secondary N) is 1. The zero-order valence-electron chi connectivity index (χ0n) is 10.4. The fourth-order valence-electron chi connectivity index (χ4n) is 1.27. The second kappa shape index (κ2) is 6.44. The van der Waals surface area contributed by atoms with Gasteiger partial charge in [0.1, 0.15) is 0 Å². The van der Waals surface area contributed by atoms with E-state index in [0.29, 0.717) is 19.1 Å². The average Bonchev–Trinajstić information content (AvgIpc) is 2.69. The normalized spacial score (nSPS) is 12.5. The molecule has 0 bridgehead atoms. The number of rotatable bonds is 7. The maximum atomic E-state index is 11.9. The number of hydrogen-bond donors (Lipinski definition) is 1. The fourth-order valence-corrected chi connectivity index (χ4v) is 2.84. The summed E-state index contributed by atoms with van der Waals surface area (Å²) in [4.78, 5) is 4.08. The monoisotopic (exact) mass is 277 g/mol. The lowest BCUT2D eigenvalue weighted by atomic mass is 10.4. The number of hydrogen-bond acceptors (Lipinski definition) is 5. The third kappa shape index (κ3) is 5.12. The quantitative estimate of drug-likeness (QED) is 0.804. The van der Waals surface area contributed by atoms with Gasteiger partial charge in [0.25, 0.3) is 0 Å². The van der Waals surface area contributed by atoms with E-state index in [1.165, 1.54) is 15.6 Å². The lowest BCUT2D eigenvalue weighted by Crippen LogP contribution is -2.35. The van der Waals surface area contributed by atoms with Crippen LogP contribution in [0.3, 0.4) is 0 Å². The van der Waals surface area contributed by atoms with Crippen LogP contribution in [-0.4, -0.2) is 43.1 Å². The molecule has 5 nitrogen and oxygen atoms in total. The Balaban J connectivity index is 2.46. The van der Waals surface area contributed by atoms with Gasteiger partial charge in [-0.25, -0.2) is 13.4 Å². The molecule has 0 unspecified atom stereocenters. The first-order valence-corrected chi connectivity index (χ1v) is 8.01. The molecule has 7 heteroatoms. The third-order valence-corrected chi connectivity index (χ3v) is 4.69. The van der Waals surface area contributed by atoms with Crippen LogP contribution < -0.4 is 5.32 Å². The van der Waals surface area contributed by atoms with Crippen molar-refractivity contribution in [2.75, 3.05) is 19.3 Å². The molecule has 1 rings (SSSR count). The van der Waals surface area contributed by atoms with Crippen molar-refractivity contribution >= 4 is 21.4 Å². The van der Waals surface area contributed by atoms with Crippen molar-refractivity contribution in [3.05, 3.63) is 16.6 Å². The van der Waals surface area contributed by atoms with E-state index in [0.717, 1.165) is 5.69 Å². The van der Waals surface area contributed by atoms with Gasteiger partial charge in [0, 0.05) is 25.0 Å². The molecule has 1 aromatic rings. The molecule has 0 radical (unpaired) electrons. The van der Waals surface area contributed by atoms with Crippen LogP contribution in [0.4, 0.5) is 0 Å². The second-order valence-electron chi connectivity index (χ2n) is 4.16. The molecule has 0 spiro atoms. The zero-order chi connectivity index (χ0) is 12.9. The molecule has 0 amide bonds. The Kier molecular flexibility index (Phi) is 5.51. The lowest BCUT2D eigenvalue weighted by Gasteiger charge is -2.16. The van der Waals surface area contributed by atoms with Crippen molar-refractivity contribution in [3.8, 4) is 0 Å². The number of aromatic nitrogens is 1. The topological polar surface area (TPSA) is 62.3 Å². The standard InChI is InChI=1S/C10H19N3O2S2/c1-9(2)11-4-5-17(14,15)13(3)6-10-7-16-8-12-10/h7-9,11H,4-6H2,1-3H3. The highest BCUT2D eigenvalue weighted by Gasteiger charge is 2.18. The molecule has 0 aliphatic heterocycles. The molecule has 1 aromatic heterocycles. The van der Waals surface area contributed by atoms with Crippen molar-refractivity contribution in [2.45, 2.75) is 26.4 Å². The Labute approximate surface area is 107 Å². The SMILES string of the molecule is CC(C)NCCS(=O)(=O)N(C)Cc1cscn1. The fraction of sp³-hybridized carbons (Fsp3) is 0.700. The van der Waals surface area contributed by atoms with Gasteiger partial charge in [0.05, 0.1) is 23.5 Å². The molecule has 0 aromatic carbocycles. The number of nitrogens with zero attached hydrogens (tertiary/aromatic N) is 2. The minimum atomic E-state index is -3.20. The second-order valence-corrected chi connectivity index (χ2v) is 7.07. The molecule has 0 saturated heterocycles. The smallest absolute Gasteiger partial charge is 0.215 e. The Hall–Kier alpha value is -0.500. The van der Waals surface area contributed by atoms with Gasteiger partial charge in [-0.15, -0.1) is 11.3 Å². The maximum Gasteiger partial charge on any atom is 0.215 e. The van der Waals surface area contributed by atoms with Crippen molar-refractivity contribution in [2.24, 2.45) is 0 Å². The van der Waals surface area contributed by atoms with Crippen molar-refractivity contribution in [1.29, 1.82) is 0 Å². The van der Waals surface area contributed by atoms with Gasteiger partial charge in [-0.2, -0.15) is 4.31 Å². The Morgan fingerprint density at radius 3 is 2.76 bits per heavy atom. The van der Waals surface area contributed by atoms with E-state index < -0.39 is 10.0 Å². The van der Waals surface area contributed by atoms with Gasteiger partial charge >= 0.3 is 0 Å². The first-order valence-electron chi connectivity index (χ1n) is 5.46. The van der Waals surface area contributed by atoms with Crippen molar-refractivity contribution in [1.82, 2.24) is 14.6 Å². The zero-order valence-corrected chi connectivity index (χ0v) is 12.0. The Morgan fingerprint density at radius 1 is 1.53 bits per heavy atom. The van der Waals surface area contributed by atoms with Gasteiger partial charge in [-0.05, 0) is 0 Å². The molecular formula is C10H19N3O2S2. The van der Waals surface area contributed by atoms with E-state index in [1.807, 2.05) is 19.2 Å². The molecule has 0 aliphatic carbocycles. The lowest BCUT2D eigenvalue weighted by molar-refractivity contribution is 0.460. The highest BCUT2D eigenvalue weighted by Crippen LogP contribution is 2.07. The summed E-state index contributed by atoms with van der Waals surface area (Å²) in [6.45, 7) is 4.80. The molecule has 0 aliphatic rings. The van der Waals surface area contributed by atoms with Crippen LogP contribution in [0, 0.1) is 0 Å². The van der Waals surface area contributed by atoms with Crippen LogP contribution in [0.5, 0.6) is 0 Å². The molecule has 0 fully saturated rings. The first-order chi connectivity index (χ1) is 7.92. The van der Waals surface area contributed by atoms with E-state index >= 15 is 0 Å². The van der Waals surface area contributed by atoms with Gasteiger partial charge in [0.2, 0.25) is 10.0 Å². The van der Waals surface area contributed by atoms with Crippen LogP contribution in [0.15, 0.2) is 10.9 Å². The summed E-state index contributed by atoms with van der Waals surface area (Å²) >= 11 is 1.47. The minimum absolute atomic E-state index is 0.117. The van der Waals surface area contributed by atoms with E-state index in [1.54, 1.807) is 12.6 Å². The molecular weight excluding hydrogens is 258 g/mol. The summed E-state index contributed by atoms with van der Waals surface area (Å²) in [7, 11) is -1.61. The van der Waals surface area contributed by atoms with Crippen LogP contribution in [0.1, 0.15) is 19.5 Å². The van der Waals surface area contributed by atoms with Gasteiger partial charge in [-0.3, -0.25) is 0 Å². The molecule has 1 heterocycles. The van der Waals surface area contributed by atoms with Crippen LogP contribution in [0.25, 0.3) is 0 Å². The largest absolute Gasteiger partial charge is 0.313 e. The van der Waals surface area contributed by atoms with E-state index in [2.05, 4.69) is 10.3 Å². The summed E-state index contributed by atoms with van der Waals surface area (Å²) in [5.41, 5.74) is 2.49. The molecule has 17 heavy (non-hydrogen) atoms. The molecule has 0 atom stereocenters. The van der Waals surface area contributed by atoms with E-state index in [4.69, 9.17) is 0 Å². The first kappa shape index (κ1) is 14.6. The predicted octanol–water partition coefficient (Wildman–Crippen LogP) is 0.903. The van der Waals surface area contributed by atoms with E-state index in [-0.39, 0.29) is 5.75 Å². The van der Waals surface area contributed by atoms with Gasteiger partial charge in [-0.1, -0.05) is 13.8 Å². The van der Waals surface area contributed by atoms with Gasteiger partial charge < -0.3 is 5.32 Å². The van der Waals surface area contributed by atoms with E-state index in [9.17, 15) is 8.42 Å². The Morgan fingerprint density at radius 2 is 2.24 bits per heavy atom. The van der Waals surface area contributed by atoms with Crippen LogP contribution in [0.2, 0.25) is 0 Å². The summed E-state index contributed by atoms with van der Waals surface area (Å²) in [6.07, 6.45) is 0. The summed E-state index contributed by atoms with van der Waals surface area (Å²) in [5, 5.41) is 4.96. The molecule has 0 saturated carbocycles. The van der Waals surface area contributed by atoms with Crippen molar-refractivity contribution < 1.29 is 8.42 Å². The summed E-state index contributed by atoms with van der Waals surface area (Å²) < 4.78 is 25.2. The summed E-state index contributed by atoms with van der Waals surface area (Å²) in [5.74, 6) is 0.117. The minimum Gasteiger partial charge on any atom is -0.313 e. The number of sulfonamides is 1. The maximum absolute atomic E-state index is 11.9. The highest BCUT2D eigenvalue weighted by atomic mass is 32.2. The van der Waals surface area contributed by atoms with Crippen LogP contribution in [-0.2, 0) is 16.6 Å².